The summed E-state index contributed by atoms with van der Waals surface area (Å²) >= 11 is 0. The quantitative estimate of drug-likeness (QED) is 0.670. The molecule has 0 bridgehead atoms. The van der Waals surface area contributed by atoms with Gasteiger partial charge in [-0.3, -0.25) is 4.98 Å². The fraction of sp³-hybridized carbons (Fsp3) is 0.214. The maximum Gasteiger partial charge on any atom is 0.0664 e. The highest BCUT2D eigenvalue weighted by molar-refractivity contribution is 5.66. The average Bonchev–Trinajstić information content (AvgIpc) is 2.25. The molecule has 1 aromatic heterocycles. The van der Waals surface area contributed by atoms with E-state index in [4.69, 9.17) is 0 Å². The molecule has 76 valence electrons. The summed E-state index contributed by atoms with van der Waals surface area (Å²) < 4.78 is 0. The first kappa shape index (κ1) is 9.91. The Morgan fingerprint density at radius 1 is 1.20 bits per heavy atom. The van der Waals surface area contributed by atoms with Gasteiger partial charge in [0.25, 0.3) is 0 Å². The Kier molecular flexibility index (Phi) is 3.13. The van der Waals surface area contributed by atoms with E-state index in [1.54, 1.807) is 0 Å². The molecule has 15 heavy (non-hydrogen) atoms. The van der Waals surface area contributed by atoms with E-state index in [2.05, 4.69) is 48.4 Å². The van der Waals surface area contributed by atoms with E-state index < -0.39 is 0 Å². The summed E-state index contributed by atoms with van der Waals surface area (Å²) in [4.78, 5) is 4.40. The van der Waals surface area contributed by atoms with Crippen molar-refractivity contribution >= 4 is 5.57 Å². The topological polar surface area (TPSA) is 12.9 Å². The second-order valence-electron chi connectivity index (χ2n) is 3.79. The Hall–Kier alpha value is -1.63. The molecule has 0 radical (unpaired) electrons. The van der Waals surface area contributed by atoms with E-state index in [0.29, 0.717) is 5.92 Å². The van der Waals surface area contributed by atoms with Gasteiger partial charge in [0.05, 0.1) is 5.69 Å². The van der Waals surface area contributed by atoms with Crippen molar-refractivity contribution in [2.24, 2.45) is 5.92 Å². The zero-order valence-electron chi connectivity index (χ0n) is 8.93. The number of nitrogens with zero attached hydrogens (tertiary/aromatic N) is 1. The van der Waals surface area contributed by atoms with Gasteiger partial charge in [-0.25, -0.2) is 0 Å². The predicted molar refractivity (Wildman–Crippen MR) is 64.3 cm³/mol. The van der Waals surface area contributed by atoms with E-state index in [0.717, 1.165) is 12.1 Å². The van der Waals surface area contributed by atoms with E-state index in [9.17, 15) is 0 Å². The van der Waals surface area contributed by atoms with Crippen LogP contribution in [0.3, 0.4) is 0 Å². The standard InChI is InChI=1S/C14H15N/c1-12-8-4-2-3-5-9-13(12)14-10-6-7-11-15-14/h2-7,9-12H,8H2,1H3. The third-order valence-electron chi connectivity index (χ3n) is 2.62. The van der Waals surface area contributed by atoms with E-state index in [-0.39, 0.29) is 0 Å². The number of hydrogen-bond donors (Lipinski definition) is 0. The van der Waals surface area contributed by atoms with Crippen molar-refractivity contribution in [3.8, 4) is 0 Å². The van der Waals surface area contributed by atoms with Crippen molar-refractivity contribution in [2.45, 2.75) is 13.3 Å². The van der Waals surface area contributed by atoms with Crippen molar-refractivity contribution < 1.29 is 0 Å². The normalized spacial score (nSPS) is 20.6. The minimum atomic E-state index is 0.529. The molecule has 0 amide bonds. The molecular formula is C14H15N. The van der Waals surface area contributed by atoms with Gasteiger partial charge < -0.3 is 0 Å². The zero-order chi connectivity index (χ0) is 10.5. The van der Waals surface area contributed by atoms with Crippen molar-refractivity contribution in [1.29, 1.82) is 0 Å². The minimum absolute atomic E-state index is 0.529. The number of hydrogen-bond acceptors (Lipinski definition) is 1. The molecule has 0 saturated heterocycles. The van der Waals surface area contributed by atoms with Gasteiger partial charge in [0.1, 0.15) is 0 Å². The maximum absolute atomic E-state index is 4.40. The first-order valence-corrected chi connectivity index (χ1v) is 5.33. The third-order valence-corrected chi connectivity index (χ3v) is 2.62. The second-order valence-corrected chi connectivity index (χ2v) is 3.79. The van der Waals surface area contributed by atoms with Gasteiger partial charge in [0, 0.05) is 6.20 Å². The number of allylic oxidation sites excluding steroid dienone is 6. The smallest absolute Gasteiger partial charge is 0.0664 e. The van der Waals surface area contributed by atoms with Crippen LogP contribution in [0.15, 0.2) is 54.8 Å². The molecule has 0 aliphatic heterocycles. The Morgan fingerprint density at radius 2 is 2.13 bits per heavy atom. The van der Waals surface area contributed by atoms with Gasteiger partial charge in [-0.2, -0.15) is 0 Å². The predicted octanol–water partition coefficient (Wildman–Crippen LogP) is 3.62. The molecule has 0 spiro atoms. The highest BCUT2D eigenvalue weighted by Crippen LogP contribution is 2.25. The summed E-state index contributed by atoms with van der Waals surface area (Å²) in [5.41, 5.74) is 2.40. The lowest BCUT2D eigenvalue weighted by Crippen LogP contribution is -2.00. The van der Waals surface area contributed by atoms with Crippen LogP contribution in [0.25, 0.3) is 5.57 Å². The maximum atomic E-state index is 4.40. The summed E-state index contributed by atoms with van der Waals surface area (Å²) in [6.45, 7) is 2.24. The number of pyridine rings is 1. The molecule has 0 fully saturated rings. The van der Waals surface area contributed by atoms with E-state index >= 15 is 0 Å². The van der Waals surface area contributed by atoms with Crippen LogP contribution < -0.4 is 0 Å². The van der Waals surface area contributed by atoms with Crippen LogP contribution in [-0.4, -0.2) is 4.98 Å². The molecule has 0 saturated carbocycles. The summed E-state index contributed by atoms with van der Waals surface area (Å²) in [6.07, 6.45) is 13.5. The van der Waals surface area contributed by atoms with Crippen LogP contribution in [0.5, 0.6) is 0 Å². The molecule has 1 aliphatic rings. The summed E-state index contributed by atoms with van der Waals surface area (Å²) in [7, 11) is 0. The minimum Gasteiger partial charge on any atom is -0.257 e. The van der Waals surface area contributed by atoms with Gasteiger partial charge >= 0.3 is 0 Å². The Balaban J connectivity index is 2.34. The number of aromatic nitrogens is 1. The monoisotopic (exact) mass is 197 g/mol. The fourth-order valence-electron chi connectivity index (χ4n) is 1.75. The Labute approximate surface area is 90.9 Å². The average molecular weight is 197 g/mol. The molecular weight excluding hydrogens is 182 g/mol. The summed E-state index contributed by atoms with van der Waals surface area (Å²) in [5, 5.41) is 0. The van der Waals surface area contributed by atoms with Gasteiger partial charge in [-0.1, -0.05) is 43.4 Å². The molecule has 0 aromatic carbocycles. The van der Waals surface area contributed by atoms with Gasteiger partial charge in [-0.05, 0) is 30.0 Å². The first-order valence-electron chi connectivity index (χ1n) is 5.33. The zero-order valence-corrected chi connectivity index (χ0v) is 8.93. The lowest BCUT2D eigenvalue weighted by atomic mass is 9.93. The molecule has 1 heterocycles. The molecule has 0 N–H and O–H groups in total. The molecule has 1 nitrogen and oxygen atoms in total. The van der Waals surface area contributed by atoms with Crippen LogP contribution >= 0.6 is 0 Å². The molecule has 1 heteroatoms. The molecule has 1 aromatic rings. The van der Waals surface area contributed by atoms with E-state index in [1.165, 1.54) is 5.57 Å². The third kappa shape index (κ3) is 2.44. The van der Waals surface area contributed by atoms with Crippen LogP contribution in [0, 0.1) is 5.92 Å². The molecule has 1 unspecified atom stereocenters. The SMILES string of the molecule is CC1CC=CC=CC=C1c1ccccn1. The van der Waals surface area contributed by atoms with Crippen LogP contribution in [0.4, 0.5) is 0 Å². The largest absolute Gasteiger partial charge is 0.257 e. The molecule has 1 atom stereocenters. The van der Waals surface area contributed by atoms with Gasteiger partial charge in [0.15, 0.2) is 0 Å². The summed E-state index contributed by atoms with van der Waals surface area (Å²) in [6, 6.07) is 6.06. The highest BCUT2D eigenvalue weighted by Gasteiger charge is 2.10. The first-order chi connectivity index (χ1) is 7.38. The molecule has 1 aliphatic carbocycles. The lowest BCUT2D eigenvalue weighted by Gasteiger charge is -2.14. The highest BCUT2D eigenvalue weighted by atomic mass is 14.7. The van der Waals surface area contributed by atoms with Gasteiger partial charge in [-0.15, -0.1) is 0 Å². The Bertz CT molecular complexity index is 399. The van der Waals surface area contributed by atoms with Gasteiger partial charge in [0.2, 0.25) is 0 Å². The molecule has 2 rings (SSSR count). The van der Waals surface area contributed by atoms with Crippen LogP contribution in [0.2, 0.25) is 0 Å². The summed E-state index contributed by atoms with van der Waals surface area (Å²) in [5.74, 6) is 0.529. The van der Waals surface area contributed by atoms with Crippen molar-refractivity contribution in [2.75, 3.05) is 0 Å². The van der Waals surface area contributed by atoms with Crippen molar-refractivity contribution in [3.05, 3.63) is 60.5 Å². The second kappa shape index (κ2) is 4.74. The van der Waals surface area contributed by atoms with E-state index in [1.807, 2.05) is 18.3 Å². The van der Waals surface area contributed by atoms with Crippen LogP contribution in [-0.2, 0) is 0 Å². The fourth-order valence-corrected chi connectivity index (χ4v) is 1.75. The van der Waals surface area contributed by atoms with Crippen LogP contribution in [0.1, 0.15) is 19.0 Å². The Morgan fingerprint density at radius 3 is 2.93 bits per heavy atom. The lowest BCUT2D eigenvalue weighted by molar-refractivity contribution is 0.760. The van der Waals surface area contributed by atoms with Crippen molar-refractivity contribution in [1.82, 2.24) is 4.98 Å². The number of rotatable bonds is 1. The van der Waals surface area contributed by atoms with Crippen molar-refractivity contribution in [3.63, 3.8) is 0 Å².